The van der Waals surface area contributed by atoms with Crippen molar-refractivity contribution < 1.29 is 18.8 Å². The fourth-order valence-corrected chi connectivity index (χ4v) is 6.49. The molecular formula is C23H37NO4Si. The molecule has 1 saturated heterocycles. The lowest BCUT2D eigenvalue weighted by atomic mass is 9.70. The molecule has 162 valence electrons. The lowest BCUT2D eigenvalue weighted by molar-refractivity contribution is -0.163. The van der Waals surface area contributed by atoms with Gasteiger partial charge in [-0.15, -0.1) is 0 Å². The number of esters is 1. The largest absolute Gasteiger partial charge is 0.457 e. The predicted octanol–water partition coefficient (Wildman–Crippen LogP) is 4.66. The van der Waals surface area contributed by atoms with Crippen molar-refractivity contribution in [3.05, 3.63) is 23.9 Å². The van der Waals surface area contributed by atoms with Gasteiger partial charge in [0.2, 0.25) is 5.91 Å². The summed E-state index contributed by atoms with van der Waals surface area (Å²) in [4.78, 5) is 27.8. The van der Waals surface area contributed by atoms with Crippen molar-refractivity contribution in [2.75, 3.05) is 6.61 Å². The topological polar surface area (TPSA) is 55.8 Å². The maximum atomic E-state index is 13.3. The summed E-state index contributed by atoms with van der Waals surface area (Å²) in [6, 6.07) is 0.0336. The summed E-state index contributed by atoms with van der Waals surface area (Å²) in [5, 5.41) is 0.0891. The summed E-state index contributed by atoms with van der Waals surface area (Å²) in [7, 11) is -1.99. The summed E-state index contributed by atoms with van der Waals surface area (Å²) in [6.07, 6.45) is 4.63. The maximum absolute atomic E-state index is 13.3. The van der Waals surface area contributed by atoms with E-state index in [1.54, 1.807) is 11.0 Å². The molecule has 0 spiro atoms. The van der Waals surface area contributed by atoms with Gasteiger partial charge in [-0.1, -0.05) is 46.8 Å². The average molecular weight is 420 g/mol. The molecule has 5 atom stereocenters. The lowest BCUT2D eigenvalue weighted by Crippen LogP contribution is -2.65. The van der Waals surface area contributed by atoms with E-state index in [9.17, 15) is 9.59 Å². The molecule has 3 rings (SSSR count). The zero-order valence-electron chi connectivity index (χ0n) is 19.1. The number of hydrogen-bond donors (Lipinski definition) is 0. The molecule has 0 radical (unpaired) electrons. The highest BCUT2D eigenvalue weighted by Crippen LogP contribution is 2.54. The monoisotopic (exact) mass is 419 g/mol. The second-order valence-electron chi connectivity index (χ2n) is 10.4. The standard InChI is InChI=1S/C23H37NO4Si/c1-9-13-27-22(26)20-17-14(2)11-10-12-16(17)19-18(21(25)24(19)20)15(3)28-29(7,8)23(4,5)6/h9,14-16,18-19H,1,10-13H2,2-8H3/t14-,15?,16+,18+,19+/m0/s1. The van der Waals surface area contributed by atoms with Crippen molar-refractivity contribution in [3.63, 3.8) is 0 Å². The van der Waals surface area contributed by atoms with Gasteiger partial charge in [0.25, 0.3) is 0 Å². The molecule has 0 N–H and O–H groups in total. The highest BCUT2D eigenvalue weighted by atomic mass is 28.4. The van der Waals surface area contributed by atoms with E-state index >= 15 is 0 Å². The Bertz CT molecular complexity index is 736. The molecule has 2 heterocycles. The first-order chi connectivity index (χ1) is 13.4. The molecule has 6 heteroatoms. The first kappa shape index (κ1) is 22.3. The molecular weight excluding hydrogens is 382 g/mol. The minimum atomic E-state index is -1.99. The van der Waals surface area contributed by atoms with Gasteiger partial charge in [0, 0.05) is 5.92 Å². The number of carbonyl (C=O) groups excluding carboxylic acids is 2. The van der Waals surface area contributed by atoms with Gasteiger partial charge in [-0.3, -0.25) is 4.79 Å². The van der Waals surface area contributed by atoms with Gasteiger partial charge in [0.15, 0.2) is 8.32 Å². The van der Waals surface area contributed by atoms with Crippen LogP contribution in [0.4, 0.5) is 0 Å². The van der Waals surface area contributed by atoms with Crippen LogP contribution < -0.4 is 0 Å². The first-order valence-electron chi connectivity index (χ1n) is 11.0. The average Bonchev–Trinajstić information content (AvgIpc) is 2.90. The third kappa shape index (κ3) is 3.63. The molecule has 0 bridgehead atoms. The molecule has 3 aliphatic rings. The Hall–Kier alpha value is -1.40. The van der Waals surface area contributed by atoms with Gasteiger partial charge >= 0.3 is 5.97 Å². The van der Waals surface area contributed by atoms with Gasteiger partial charge in [0.1, 0.15) is 12.3 Å². The molecule has 1 unspecified atom stereocenters. The molecule has 29 heavy (non-hydrogen) atoms. The zero-order chi connectivity index (χ0) is 21.7. The van der Waals surface area contributed by atoms with Crippen LogP contribution in [0.15, 0.2) is 23.9 Å². The number of rotatable bonds is 6. The van der Waals surface area contributed by atoms with Gasteiger partial charge in [-0.2, -0.15) is 0 Å². The minimum Gasteiger partial charge on any atom is -0.457 e. The van der Waals surface area contributed by atoms with E-state index in [-0.39, 0.29) is 47.5 Å². The normalized spacial score (nSPS) is 30.4. The molecule has 0 aromatic carbocycles. The zero-order valence-corrected chi connectivity index (χ0v) is 20.1. The second-order valence-corrected chi connectivity index (χ2v) is 15.2. The summed E-state index contributed by atoms with van der Waals surface area (Å²) in [5.74, 6) is -0.000183. The van der Waals surface area contributed by atoms with Crippen molar-refractivity contribution in [1.29, 1.82) is 0 Å². The Morgan fingerprint density at radius 1 is 1.34 bits per heavy atom. The third-order valence-corrected chi connectivity index (χ3v) is 12.1. The van der Waals surface area contributed by atoms with Gasteiger partial charge < -0.3 is 14.1 Å². The van der Waals surface area contributed by atoms with Crippen LogP contribution in [0.5, 0.6) is 0 Å². The summed E-state index contributed by atoms with van der Waals surface area (Å²) < 4.78 is 12.0. The number of carbonyl (C=O) groups is 2. The van der Waals surface area contributed by atoms with Crippen molar-refractivity contribution in [2.45, 2.75) is 84.2 Å². The van der Waals surface area contributed by atoms with E-state index in [1.165, 1.54) is 0 Å². The van der Waals surface area contributed by atoms with E-state index in [2.05, 4.69) is 47.4 Å². The highest BCUT2D eigenvalue weighted by Gasteiger charge is 2.62. The van der Waals surface area contributed by atoms with Crippen molar-refractivity contribution in [1.82, 2.24) is 4.90 Å². The van der Waals surface area contributed by atoms with Crippen LogP contribution >= 0.6 is 0 Å². The van der Waals surface area contributed by atoms with Crippen LogP contribution in [0.2, 0.25) is 18.1 Å². The second kappa shape index (κ2) is 7.69. The summed E-state index contributed by atoms with van der Waals surface area (Å²) >= 11 is 0. The molecule has 5 nitrogen and oxygen atoms in total. The quantitative estimate of drug-likeness (QED) is 0.272. The Morgan fingerprint density at radius 2 is 2.00 bits per heavy atom. The molecule has 1 aliphatic carbocycles. The Labute approximate surface area is 176 Å². The van der Waals surface area contributed by atoms with Gasteiger partial charge in [-0.05, 0) is 49.4 Å². The molecule has 1 amide bonds. The Morgan fingerprint density at radius 3 is 2.59 bits per heavy atom. The molecule has 0 aromatic heterocycles. The Balaban J connectivity index is 1.88. The maximum Gasteiger partial charge on any atom is 0.355 e. The van der Waals surface area contributed by atoms with E-state index in [0.717, 1.165) is 24.8 Å². The smallest absolute Gasteiger partial charge is 0.355 e. The number of amides is 1. The molecule has 0 aromatic rings. The summed E-state index contributed by atoms with van der Waals surface area (Å²) in [6.45, 7) is 19.1. The SMILES string of the molecule is C=CCOC(=O)C1=C2[C@@H](CCC[C@@H]2C)[C@@H]2[C@@H](C(C)O[Si](C)(C)C(C)(C)C)C(=O)N12. The van der Waals surface area contributed by atoms with Crippen molar-refractivity contribution in [3.8, 4) is 0 Å². The van der Waals surface area contributed by atoms with E-state index in [4.69, 9.17) is 9.16 Å². The number of ether oxygens (including phenoxy) is 1. The van der Waals surface area contributed by atoms with E-state index in [0.29, 0.717) is 11.6 Å². The first-order valence-corrected chi connectivity index (χ1v) is 13.9. The van der Waals surface area contributed by atoms with Gasteiger partial charge in [0.05, 0.1) is 18.1 Å². The highest BCUT2D eigenvalue weighted by molar-refractivity contribution is 6.74. The van der Waals surface area contributed by atoms with E-state index < -0.39 is 8.32 Å². The molecule has 2 fully saturated rings. The van der Waals surface area contributed by atoms with Crippen molar-refractivity contribution in [2.24, 2.45) is 17.8 Å². The van der Waals surface area contributed by atoms with Crippen LogP contribution in [-0.2, 0) is 18.8 Å². The van der Waals surface area contributed by atoms with Crippen molar-refractivity contribution >= 4 is 20.2 Å². The third-order valence-electron chi connectivity index (χ3n) is 7.52. The van der Waals surface area contributed by atoms with E-state index in [1.807, 2.05) is 6.92 Å². The van der Waals surface area contributed by atoms with Crippen LogP contribution in [0.3, 0.4) is 0 Å². The summed E-state index contributed by atoms with van der Waals surface area (Å²) in [5.41, 5.74) is 1.64. The molecule has 2 aliphatic heterocycles. The number of hydrogen-bond acceptors (Lipinski definition) is 4. The fourth-order valence-electron chi connectivity index (χ4n) is 5.06. The number of nitrogens with zero attached hydrogens (tertiary/aromatic N) is 1. The van der Waals surface area contributed by atoms with Gasteiger partial charge in [-0.25, -0.2) is 4.79 Å². The van der Waals surface area contributed by atoms with Crippen LogP contribution in [0.25, 0.3) is 0 Å². The van der Waals surface area contributed by atoms with Crippen LogP contribution in [0, 0.1) is 17.8 Å². The minimum absolute atomic E-state index is 0.0147. The van der Waals surface area contributed by atoms with Crippen LogP contribution in [0.1, 0.15) is 53.9 Å². The van der Waals surface area contributed by atoms with Crippen LogP contribution in [-0.4, -0.2) is 43.8 Å². The lowest BCUT2D eigenvalue weighted by Gasteiger charge is -2.51. The Kier molecular flexibility index (Phi) is 5.91. The molecule has 1 saturated carbocycles. The predicted molar refractivity (Wildman–Crippen MR) is 117 cm³/mol. The fraction of sp³-hybridized carbons (Fsp3) is 0.739. The number of β-lactam (4-membered cyclic amide) rings is 1. The number of fused-ring (bicyclic) bond motifs is 3.